The van der Waals surface area contributed by atoms with E-state index in [9.17, 15) is 10.1 Å². The van der Waals surface area contributed by atoms with E-state index in [0.717, 1.165) is 11.6 Å². The fraction of sp³-hybridized carbons (Fsp3) is 0.450. The predicted molar refractivity (Wildman–Crippen MR) is 98.8 cm³/mol. The van der Waals surface area contributed by atoms with Gasteiger partial charge in [-0.1, -0.05) is 18.2 Å². The Kier molecular flexibility index (Phi) is 4.48. The van der Waals surface area contributed by atoms with Crippen molar-refractivity contribution in [3.8, 4) is 11.8 Å². The molecule has 6 nitrogen and oxygen atoms in total. The molecule has 2 aliphatic rings. The number of anilines is 1. The van der Waals surface area contributed by atoms with Crippen LogP contribution in [0.2, 0.25) is 0 Å². The summed E-state index contributed by atoms with van der Waals surface area (Å²) >= 11 is 0. The number of hydrogen-bond donors (Lipinski definition) is 1. The van der Waals surface area contributed by atoms with E-state index in [1.54, 1.807) is 4.68 Å². The highest BCUT2D eigenvalue weighted by Crippen LogP contribution is 2.39. The monoisotopic (exact) mass is 349 g/mol. The summed E-state index contributed by atoms with van der Waals surface area (Å²) in [4.78, 5) is 15.1. The first-order valence-electron chi connectivity index (χ1n) is 9.26. The molecule has 0 radical (unpaired) electrons. The van der Waals surface area contributed by atoms with E-state index >= 15 is 0 Å². The largest absolute Gasteiger partial charge is 0.308 e. The van der Waals surface area contributed by atoms with Crippen molar-refractivity contribution in [3.05, 3.63) is 42.1 Å². The van der Waals surface area contributed by atoms with Crippen molar-refractivity contribution in [2.45, 2.75) is 44.7 Å². The number of para-hydroxylation sites is 1. The van der Waals surface area contributed by atoms with Gasteiger partial charge in [0.15, 0.2) is 5.82 Å². The highest BCUT2D eigenvalue weighted by Gasteiger charge is 2.39. The van der Waals surface area contributed by atoms with E-state index < -0.39 is 0 Å². The molecule has 0 bridgehead atoms. The number of carbonyl (C=O) groups is 1. The first kappa shape index (κ1) is 16.8. The molecule has 1 heterocycles. The molecule has 1 atom stereocenters. The smallest absolute Gasteiger partial charge is 0.239 e. The summed E-state index contributed by atoms with van der Waals surface area (Å²) in [5.41, 5.74) is 1.19. The second-order valence-corrected chi connectivity index (χ2v) is 7.30. The molecule has 1 aromatic heterocycles. The summed E-state index contributed by atoms with van der Waals surface area (Å²) in [6.45, 7) is 2.60. The summed E-state index contributed by atoms with van der Waals surface area (Å²) in [7, 11) is 0. The van der Waals surface area contributed by atoms with Crippen molar-refractivity contribution in [1.82, 2.24) is 14.7 Å². The molecule has 2 saturated carbocycles. The standard InChI is InChI=1S/C20H23N5O/c1-14(15-7-8-15)24(17-9-10-17)13-19(26)23-20-16(11-21)12-22-25(20)18-5-3-2-4-6-18/h2-6,12,14-15,17H,7-10,13H2,1H3,(H,23,26). The molecule has 2 aromatic rings. The van der Waals surface area contributed by atoms with Gasteiger partial charge in [0.2, 0.25) is 5.91 Å². The van der Waals surface area contributed by atoms with Crippen LogP contribution in [0.4, 0.5) is 5.82 Å². The fourth-order valence-corrected chi connectivity index (χ4v) is 3.51. The SMILES string of the molecule is CC(C1CC1)N(CC(=O)Nc1c(C#N)cnn1-c1ccccc1)C1CC1. The zero-order valence-corrected chi connectivity index (χ0v) is 14.9. The van der Waals surface area contributed by atoms with Gasteiger partial charge in [-0.05, 0) is 50.7 Å². The maximum atomic E-state index is 12.7. The first-order valence-corrected chi connectivity index (χ1v) is 9.26. The third-order valence-corrected chi connectivity index (χ3v) is 5.32. The molecule has 1 aromatic carbocycles. The number of carbonyl (C=O) groups excluding carboxylic acids is 1. The number of hydrogen-bond acceptors (Lipinski definition) is 4. The van der Waals surface area contributed by atoms with Crippen molar-refractivity contribution in [2.24, 2.45) is 5.92 Å². The molecule has 1 amide bonds. The topological polar surface area (TPSA) is 74.0 Å². The molecule has 26 heavy (non-hydrogen) atoms. The minimum absolute atomic E-state index is 0.0846. The summed E-state index contributed by atoms with van der Waals surface area (Å²) in [6, 6.07) is 12.6. The quantitative estimate of drug-likeness (QED) is 0.834. The number of nitriles is 1. The first-order chi connectivity index (χ1) is 12.7. The van der Waals surface area contributed by atoms with Gasteiger partial charge in [0.1, 0.15) is 11.6 Å². The highest BCUT2D eigenvalue weighted by atomic mass is 16.2. The van der Waals surface area contributed by atoms with E-state index in [2.05, 4.69) is 28.3 Å². The Morgan fingerprint density at radius 3 is 2.69 bits per heavy atom. The molecule has 1 N–H and O–H groups in total. The van der Waals surface area contributed by atoms with Gasteiger partial charge in [-0.25, -0.2) is 4.68 Å². The predicted octanol–water partition coefficient (Wildman–Crippen LogP) is 2.95. The molecular formula is C20H23N5O. The van der Waals surface area contributed by atoms with Crippen molar-refractivity contribution >= 4 is 11.7 Å². The summed E-state index contributed by atoms with van der Waals surface area (Å²) in [6.07, 6.45) is 6.39. The molecule has 4 rings (SSSR count). The minimum atomic E-state index is -0.0846. The number of rotatable bonds is 7. The van der Waals surface area contributed by atoms with Crippen LogP contribution in [0.25, 0.3) is 5.69 Å². The maximum Gasteiger partial charge on any atom is 0.239 e. The average molecular weight is 349 g/mol. The lowest BCUT2D eigenvalue weighted by atomic mass is 10.1. The van der Waals surface area contributed by atoms with E-state index in [4.69, 9.17) is 0 Å². The Morgan fingerprint density at radius 2 is 2.08 bits per heavy atom. The molecule has 2 fully saturated rings. The summed E-state index contributed by atoms with van der Waals surface area (Å²) in [5, 5.41) is 16.6. The summed E-state index contributed by atoms with van der Waals surface area (Å²) < 4.78 is 1.61. The zero-order valence-electron chi connectivity index (χ0n) is 14.9. The molecule has 0 spiro atoms. The van der Waals surface area contributed by atoms with Gasteiger partial charge in [0.25, 0.3) is 0 Å². The van der Waals surface area contributed by atoms with E-state index in [1.807, 2.05) is 30.3 Å². The van der Waals surface area contributed by atoms with Crippen molar-refractivity contribution in [2.75, 3.05) is 11.9 Å². The van der Waals surface area contributed by atoms with Crippen LogP contribution in [0, 0.1) is 17.2 Å². The van der Waals surface area contributed by atoms with Gasteiger partial charge < -0.3 is 5.32 Å². The lowest BCUT2D eigenvalue weighted by Gasteiger charge is -2.28. The van der Waals surface area contributed by atoms with Crippen LogP contribution in [0.3, 0.4) is 0 Å². The number of aromatic nitrogens is 2. The zero-order chi connectivity index (χ0) is 18.1. The van der Waals surface area contributed by atoms with E-state index in [1.165, 1.54) is 31.9 Å². The lowest BCUT2D eigenvalue weighted by molar-refractivity contribution is -0.118. The Balaban J connectivity index is 1.52. The number of amides is 1. The second kappa shape index (κ2) is 6.93. The average Bonchev–Trinajstić information content (AvgIpc) is 3.57. The van der Waals surface area contributed by atoms with E-state index in [0.29, 0.717) is 30.0 Å². The second-order valence-electron chi connectivity index (χ2n) is 7.30. The molecule has 2 aliphatic carbocycles. The van der Waals surface area contributed by atoms with Gasteiger partial charge in [-0.15, -0.1) is 0 Å². The summed E-state index contributed by atoms with van der Waals surface area (Å²) in [5.74, 6) is 1.09. The molecular weight excluding hydrogens is 326 g/mol. The number of nitrogens with one attached hydrogen (secondary N) is 1. The van der Waals surface area contributed by atoms with Gasteiger partial charge in [0.05, 0.1) is 18.4 Å². The maximum absolute atomic E-state index is 12.7. The van der Waals surface area contributed by atoms with Crippen molar-refractivity contribution < 1.29 is 4.79 Å². The van der Waals surface area contributed by atoms with Gasteiger partial charge in [-0.2, -0.15) is 10.4 Å². The molecule has 0 saturated heterocycles. The van der Waals surface area contributed by atoms with Gasteiger partial charge in [0, 0.05) is 12.1 Å². The Hall–Kier alpha value is -2.65. The highest BCUT2D eigenvalue weighted by molar-refractivity contribution is 5.93. The Labute approximate surface area is 153 Å². The van der Waals surface area contributed by atoms with Crippen LogP contribution in [0.15, 0.2) is 36.5 Å². The van der Waals surface area contributed by atoms with Crippen LogP contribution >= 0.6 is 0 Å². The number of benzene rings is 1. The van der Waals surface area contributed by atoms with Gasteiger partial charge >= 0.3 is 0 Å². The molecule has 6 heteroatoms. The van der Waals surface area contributed by atoms with Crippen LogP contribution in [0.5, 0.6) is 0 Å². The molecule has 1 unspecified atom stereocenters. The Bertz CT molecular complexity index is 830. The minimum Gasteiger partial charge on any atom is -0.308 e. The van der Waals surface area contributed by atoms with Crippen LogP contribution in [0.1, 0.15) is 38.2 Å². The van der Waals surface area contributed by atoms with Crippen LogP contribution < -0.4 is 5.32 Å². The fourth-order valence-electron chi connectivity index (χ4n) is 3.51. The van der Waals surface area contributed by atoms with Gasteiger partial charge in [-0.3, -0.25) is 9.69 Å². The third-order valence-electron chi connectivity index (χ3n) is 5.32. The molecule has 134 valence electrons. The van der Waals surface area contributed by atoms with Crippen LogP contribution in [-0.2, 0) is 4.79 Å². The molecule has 0 aliphatic heterocycles. The number of nitrogens with zero attached hydrogens (tertiary/aromatic N) is 4. The Morgan fingerprint density at radius 1 is 1.35 bits per heavy atom. The lowest BCUT2D eigenvalue weighted by Crippen LogP contribution is -2.42. The van der Waals surface area contributed by atoms with Crippen molar-refractivity contribution in [3.63, 3.8) is 0 Å². The normalized spacial score (nSPS) is 17.7. The third kappa shape index (κ3) is 3.49. The van der Waals surface area contributed by atoms with Crippen molar-refractivity contribution in [1.29, 1.82) is 5.26 Å². The van der Waals surface area contributed by atoms with Crippen LogP contribution in [-0.4, -0.2) is 39.2 Å². The van der Waals surface area contributed by atoms with E-state index in [-0.39, 0.29) is 5.91 Å².